The van der Waals surface area contributed by atoms with Crippen LogP contribution in [-0.4, -0.2) is 12.4 Å². The molecule has 0 aliphatic carbocycles. The van der Waals surface area contributed by atoms with Gasteiger partial charge in [-0.2, -0.15) is 0 Å². The van der Waals surface area contributed by atoms with Crippen molar-refractivity contribution < 1.29 is 24.0 Å². The van der Waals surface area contributed by atoms with Crippen LogP contribution in [0.1, 0.15) is 6.92 Å². The van der Waals surface area contributed by atoms with Gasteiger partial charge in [0.05, 0.1) is 11.1 Å². The van der Waals surface area contributed by atoms with Crippen molar-refractivity contribution in [1.82, 2.24) is 0 Å². The number of benzene rings is 1. The monoisotopic (exact) mass is 324 g/mol. The molecule has 1 unspecified atom stereocenters. The highest BCUT2D eigenvalue weighted by Gasteiger charge is 2.24. The molecular weight excluding hydrogens is 313 g/mol. The number of rotatable bonds is 0. The van der Waals surface area contributed by atoms with E-state index in [4.69, 9.17) is 0 Å². The number of fused-ring (bicyclic) bond motifs is 1. The fraction of sp³-hybridized carbons (Fsp3) is 0.333. The lowest BCUT2D eigenvalue weighted by Gasteiger charge is -2.18. The van der Waals surface area contributed by atoms with Gasteiger partial charge in [-0.25, -0.2) is 0 Å². The minimum absolute atomic E-state index is 0. The second-order valence-corrected chi connectivity index (χ2v) is 4.79. The Hall–Kier alpha value is 0.450. The van der Waals surface area contributed by atoms with Crippen molar-refractivity contribution in [2.75, 3.05) is 11.9 Å². The van der Waals surface area contributed by atoms with Crippen LogP contribution in [0.25, 0.3) is 0 Å². The number of para-hydroxylation sites is 1. The van der Waals surface area contributed by atoms with Crippen LogP contribution in [0.4, 0.5) is 5.69 Å². The van der Waals surface area contributed by atoms with Gasteiger partial charge in [0, 0.05) is 16.8 Å². The second-order valence-electron chi connectivity index (χ2n) is 2.95. The predicted octanol–water partition coefficient (Wildman–Crippen LogP) is -0.133. The van der Waals surface area contributed by atoms with Gasteiger partial charge < -0.3 is 28.9 Å². The Balaban J connectivity index is 0.000000845. The second kappa shape index (κ2) is 4.31. The number of thioether (sulfide) groups is 1. The smallest absolute Gasteiger partial charge is 0.0767 e. The molecule has 0 radical (unpaired) electrons. The molecule has 0 N–H and O–H groups in total. The molecule has 13 heavy (non-hydrogen) atoms. The maximum Gasteiger partial charge on any atom is 0.0767 e. The van der Waals surface area contributed by atoms with Gasteiger partial charge in [-0.3, -0.25) is 0 Å². The van der Waals surface area contributed by atoms with Crippen molar-refractivity contribution in [1.29, 1.82) is 0 Å². The molecule has 0 aromatic heterocycles. The van der Waals surface area contributed by atoms with Crippen LogP contribution in [0.2, 0.25) is 0 Å². The first-order chi connectivity index (χ1) is 5.70. The summed E-state index contributed by atoms with van der Waals surface area (Å²) in [5, 5.41) is 0.535. The zero-order valence-electron chi connectivity index (χ0n) is 7.49. The van der Waals surface area contributed by atoms with Crippen molar-refractivity contribution in [3.05, 3.63) is 18.2 Å². The van der Waals surface area contributed by atoms with Crippen LogP contribution in [0, 0.1) is 0 Å². The summed E-state index contributed by atoms with van der Waals surface area (Å²) in [6, 6.07) is 6.25. The molecular formula is C9H11INS2-. The third kappa shape index (κ3) is 1.94. The summed E-state index contributed by atoms with van der Waals surface area (Å²) in [5.74, 6) is 0. The van der Waals surface area contributed by atoms with Crippen molar-refractivity contribution in [3.63, 3.8) is 0 Å². The molecule has 0 spiro atoms. The molecule has 0 saturated carbocycles. The van der Waals surface area contributed by atoms with E-state index < -0.39 is 0 Å². The molecule has 1 atom stereocenters. The maximum atomic E-state index is 4.43. The van der Waals surface area contributed by atoms with Crippen LogP contribution >= 0.6 is 24.4 Å². The summed E-state index contributed by atoms with van der Waals surface area (Å²) in [6.07, 6.45) is 0. The summed E-state index contributed by atoms with van der Waals surface area (Å²) >= 11 is 6.32. The summed E-state index contributed by atoms with van der Waals surface area (Å²) in [6.45, 7) is 2.21. The number of thiol groups is 1. The normalized spacial score (nSPS) is 19.6. The molecule has 4 heteroatoms. The summed E-state index contributed by atoms with van der Waals surface area (Å²) in [7, 11) is 2.11. The Labute approximate surface area is 106 Å². The molecule has 1 heterocycles. The van der Waals surface area contributed by atoms with Crippen LogP contribution < -0.4 is 28.9 Å². The van der Waals surface area contributed by atoms with E-state index in [1.54, 1.807) is 0 Å². The minimum Gasteiger partial charge on any atom is -1.00 e. The van der Waals surface area contributed by atoms with Gasteiger partial charge in [0.2, 0.25) is 0 Å². The van der Waals surface area contributed by atoms with Crippen molar-refractivity contribution in [2.45, 2.75) is 22.1 Å². The molecule has 1 aromatic rings. The molecule has 72 valence electrons. The highest BCUT2D eigenvalue weighted by molar-refractivity contribution is 8.00. The summed E-state index contributed by atoms with van der Waals surface area (Å²) < 4.78 is 0. The third-order valence-electron chi connectivity index (χ3n) is 2.17. The van der Waals surface area contributed by atoms with E-state index in [9.17, 15) is 0 Å². The Morgan fingerprint density at radius 3 is 2.77 bits per heavy atom. The first kappa shape index (κ1) is 11.5. The van der Waals surface area contributed by atoms with E-state index in [1.807, 2.05) is 17.8 Å². The van der Waals surface area contributed by atoms with E-state index in [1.165, 1.54) is 10.6 Å². The molecule has 0 fully saturated rings. The highest BCUT2D eigenvalue weighted by Crippen LogP contribution is 2.45. The molecule has 1 nitrogen and oxygen atoms in total. The lowest BCUT2D eigenvalue weighted by molar-refractivity contribution is -0.00000232. The lowest BCUT2D eigenvalue weighted by atomic mass is 10.3. The van der Waals surface area contributed by atoms with E-state index in [0.29, 0.717) is 5.37 Å². The zero-order valence-corrected chi connectivity index (χ0v) is 11.4. The van der Waals surface area contributed by atoms with E-state index in [0.717, 1.165) is 4.90 Å². The van der Waals surface area contributed by atoms with Crippen LogP contribution in [0.3, 0.4) is 0 Å². The van der Waals surface area contributed by atoms with E-state index in [-0.39, 0.29) is 24.0 Å². The van der Waals surface area contributed by atoms with Crippen LogP contribution in [0.15, 0.2) is 28.0 Å². The standard InChI is InChI=1S/C9H11NS2.HI/c1-6-10(2)9-7(11)4-3-5-8(9)12-6;/h3-6,11H,1-2H3;1H/p-1. The van der Waals surface area contributed by atoms with Gasteiger partial charge in [0.15, 0.2) is 0 Å². The molecule has 0 saturated heterocycles. The molecule has 1 aromatic carbocycles. The average Bonchev–Trinajstić information content (AvgIpc) is 2.29. The van der Waals surface area contributed by atoms with Gasteiger partial charge >= 0.3 is 0 Å². The fourth-order valence-corrected chi connectivity index (χ4v) is 3.00. The van der Waals surface area contributed by atoms with Crippen molar-refractivity contribution >= 4 is 30.1 Å². The van der Waals surface area contributed by atoms with E-state index >= 15 is 0 Å². The lowest BCUT2D eigenvalue weighted by Crippen LogP contribution is -3.00. The zero-order chi connectivity index (χ0) is 8.72. The van der Waals surface area contributed by atoms with Crippen LogP contribution in [0.5, 0.6) is 0 Å². The third-order valence-corrected chi connectivity index (χ3v) is 3.77. The van der Waals surface area contributed by atoms with Gasteiger partial charge in [-0.05, 0) is 19.1 Å². The first-order valence-electron chi connectivity index (χ1n) is 3.91. The molecule has 1 aliphatic rings. The molecule has 0 amide bonds. The van der Waals surface area contributed by atoms with Crippen molar-refractivity contribution in [2.24, 2.45) is 0 Å². The Morgan fingerprint density at radius 2 is 2.15 bits per heavy atom. The quantitative estimate of drug-likeness (QED) is 0.523. The minimum atomic E-state index is 0. The van der Waals surface area contributed by atoms with Gasteiger partial charge in [-0.1, -0.05) is 17.8 Å². The number of anilines is 1. The molecule has 2 rings (SSSR count). The van der Waals surface area contributed by atoms with Gasteiger partial charge in [0.1, 0.15) is 0 Å². The number of hydrogen-bond donors (Lipinski definition) is 1. The predicted molar refractivity (Wildman–Crippen MR) is 57.4 cm³/mol. The van der Waals surface area contributed by atoms with Crippen molar-refractivity contribution in [3.8, 4) is 0 Å². The highest BCUT2D eigenvalue weighted by atomic mass is 127. The number of hydrogen-bond acceptors (Lipinski definition) is 3. The van der Waals surface area contributed by atoms with E-state index in [2.05, 4.69) is 43.6 Å². The maximum absolute atomic E-state index is 4.43. The molecule has 0 bridgehead atoms. The average molecular weight is 324 g/mol. The topological polar surface area (TPSA) is 3.24 Å². The SMILES string of the molecule is CC1Sc2cccc(S)c2N1C.[I-]. The van der Waals surface area contributed by atoms with Gasteiger partial charge in [-0.15, -0.1) is 12.6 Å². The fourth-order valence-electron chi connectivity index (χ4n) is 1.40. The van der Waals surface area contributed by atoms with Gasteiger partial charge in [0.25, 0.3) is 0 Å². The largest absolute Gasteiger partial charge is 1.00 e. The Bertz CT molecular complexity index is 316. The summed E-state index contributed by atoms with van der Waals surface area (Å²) in [4.78, 5) is 4.69. The first-order valence-corrected chi connectivity index (χ1v) is 5.24. The summed E-state index contributed by atoms with van der Waals surface area (Å²) in [5.41, 5.74) is 1.28. The number of nitrogens with zero attached hydrogens (tertiary/aromatic N) is 1. The Kier molecular flexibility index (Phi) is 3.82. The Morgan fingerprint density at radius 1 is 1.46 bits per heavy atom. The van der Waals surface area contributed by atoms with Crippen LogP contribution in [-0.2, 0) is 0 Å². The molecule has 1 aliphatic heterocycles. The number of halogens is 1.